The summed E-state index contributed by atoms with van der Waals surface area (Å²) in [6, 6.07) is 10.1. The fraction of sp³-hybridized carbons (Fsp3) is 0.133. The average Bonchev–Trinajstić information content (AvgIpc) is 3.14. The highest BCUT2D eigenvalue weighted by atomic mass is 32.2. The highest BCUT2D eigenvalue weighted by Gasteiger charge is 2.13. The molecule has 2 N–H and O–H groups in total. The van der Waals surface area contributed by atoms with E-state index in [0.29, 0.717) is 18.2 Å². The summed E-state index contributed by atoms with van der Waals surface area (Å²) in [6.45, 7) is 0.409. The van der Waals surface area contributed by atoms with Crippen molar-refractivity contribution in [1.82, 2.24) is 24.7 Å². The molecular formula is C15H15FN6O2S. The second-order valence-corrected chi connectivity index (χ2v) is 6.78. The molecule has 0 radical (unpaired) electrons. The lowest BCUT2D eigenvalue weighted by Crippen LogP contribution is -2.29. The first-order chi connectivity index (χ1) is 12.0. The summed E-state index contributed by atoms with van der Waals surface area (Å²) in [4.78, 5) is -0.115. The molecule has 3 rings (SSSR count). The van der Waals surface area contributed by atoms with Crippen LogP contribution < -0.4 is 10.0 Å². The maximum atomic E-state index is 13.1. The van der Waals surface area contributed by atoms with Crippen molar-refractivity contribution >= 4 is 15.8 Å². The molecule has 3 aromatic rings. The van der Waals surface area contributed by atoms with Crippen molar-refractivity contribution in [3.8, 4) is 5.82 Å². The molecule has 0 aliphatic rings. The molecule has 0 aliphatic carbocycles. The lowest BCUT2D eigenvalue weighted by Gasteiger charge is -2.08. The number of hydrogen-bond acceptors (Lipinski definition) is 6. The van der Waals surface area contributed by atoms with Gasteiger partial charge in [0.2, 0.25) is 10.0 Å². The first kappa shape index (κ1) is 17.0. The molecular weight excluding hydrogens is 347 g/mol. The minimum absolute atomic E-state index is 0.113. The Hall–Kier alpha value is -2.85. The predicted molar refractivity (Wildman–Crippen MR) is 89.2 cm³/mol. The fourth-order valence-corrected chi connectivity index (χ4v) is 3.10. The standard InChI is InChI=1S/C15H15FN6O2S/c16-12-3-1-4-13(11-12)25(23,24)19-9-8-17-14-5-6-15(21-20-14)22-10-2-7-18-22/h1-7,10-11,19H,8-9H2,(H,17,20). The van der Waals surface area contributed by atoms with Gasteiger partial charge in [-0.2, -0.15) is 5.10 Å². The fourth-order valence-electron chi connectivity index (χ4n) is 2.04. The van der Waals surface area contributed by atoms with Crippen LogP contribution in [0.5, 0.6) is 0 Å². The van der Waals surface area contributed by atoms with E-state index in [1.165, 1.54) is 18.2 Å². The van der Waals surface area contributed by atoms with E-state index in [4.69, 9.17) is 0 Å². The number of anilines is 1. The number of nitrogens with one attached hydrogen (secondary N) is 2. The van der Waals surface area contributed by atoms with Gasteiger partial charge in [-0.1, -0.05) is 6.07 Å². The van der Waals surface area contributed by atoms with Gasteiger partial charge in [0.25, 0.3) is 0 Å². The summed E-state index contributed by atoms with van der Waals surface area (Å²) in [5.41, 5.74) is 0. The van der Waals surface area contributed by atoms with Crippen LogP contribution in [0.3, 0.4) is 0 Å². The van der Waals surface area contributed by atoms with Gasteiger partial charge in [-0.15, -0.1) is 10.2 Å². The van der Waals surface area contributed by atoms with Crippen LogP contribution in [-0.4, -0.2) is 41.5 Å². The molecule has 0 bridgehead atoms. The molecule has 0 saturated carbocycles. The molecule has 0 saturated heterocycles. The van der Waals surface area contributed by atoms with Gasteiger partial charge < -0.3 is 5.32 Å². The zero-order chi connectivity index (χ0) is 17.7. The minimum Gasteiger partial charge on any atom is -0.367 e. The quantitative estimate of drug-likeness (QED) is 0.612. The van der Waals surface area contributed by atoms with Crippen LogP contribution in [0.1, 0.15) is 0 Å². The molecule has 10 heteroatoms. The molecule has 0 aliphatic heterocycles. The van der Waals surface area contributed by atoms with Gasteiger partial charge in [0.1, 0.15) is 11.6 Å². The van der Waals surface area contributed by atoms with Crippen molar-refractivity contribution in [2.45, 2.75) is 4.90 Å². The summed E-state index contributed by atoms with van der Waals surface area (Å²) in [5, 5.41) is 15.0. The predicted octanol–water partition coefficient (Wildman–Crippen LogP) is 1.19. The molecule has 0 amide bonds. The van der Waals surface area contributed by atoms with E-state index in [1.54, 1.807) is 35.3 Å². The Morgan fingerprint density at radius 1 is 1.08 bits per heavy atom. The number of nitrogens with zero attached hydrogens (tertiary/aromatic N) is 4. The van der Waals surface area contributed by atoms with Gasteiger partial charge in [0.05, 0.1) is 4.90 Å². The Bertz CT molecular complexity index is 929. The van der Waals surface area contributed by atoms with E-state index in [9.17, 15) is 12.8 Å². The summed E-state index contributed by atoms with van der Waals surface area (Å²) in [5.74, 6) is 0.469. The lowest BCUT2D eigenvalue weighted by molar-refractivity contribution is 0.579. The molecule has 2 heterocycles. The first-order valence-electron chi connectivity index (χ1n) is 7.37. The number of halogens is 1. The third kappa shape index (κ3) is 4.37. The van der Waals surface area contributed by atoms with Crippen LogP contribution in [0.2, 0.25) is 0 Å². The molecule has 0 spiro atoms. The van der Waals surface area contributed by atoms with Crippen molar-refractivity contribution in [1.29, 1.82) is 0 Å². The van der Waals surface area contributed by atoms with E-state index in [0.717, 1.165) is 6.07 Å². The van der Waals surface area contributed by atoms with E-state index >= 15 is 0 Å². The molecule has 0 atom stereocenters. The number of benzene rings is 1. The topological polar surface area (TPSA) is 102 Å². The van der Waals surface area contributed by atoms with Crippen LogP contribution in [0.4, 0.5) is 10.2 Å². The molecule has 8 nitrogen and oxygen atoms in total. The van der Waals surface area contributed by atoms with E-state index in [2.05, 4.69) is 25.3 Å². The Kier molecular flexibility index (Phi) is 5.00. The second-order valence-electron chi connectivity index (χ2n) is 5.01. The van der Waals surface area contributed by atoms with Gasteiger partial charge in [-0.05, 0) is 36.4 Å². The number of aromatic nitrogens is 4. The van der Waals surface area contributed by atoms with Crippen LogP contribution in [-0.2, 0) is 10.0 Å². The Morgan fingerprint density at radius 3 is 2.64 bits per heavy atom. The smallest absolute Gasteiger partial charge is 0.240 e. The number of hydrogen-bond donors (Lipinski definition) is 2. The first-order valence-corrected chi connectivity index (χ1v) is 8.86. The zero-order valence-electron chi connectivity index (χ0n) is 13.0. The average molecular weight is 362 g/mol. The van der Waals surface area contributed by atoms with Crippen molar-refractivity contribution < 1.29 is 12.8 Å². The summed E-state index contributed by atoms with van der Waals surface area (Å²) in [6.07, 6.45) is 3.39. The minimum atomic E-state index is -3.75. The lowest BCUT2D eigenvalue weighted by atomic mass is 10.4. The van der Waals surface area contributed by atoms with Crippen molar-refractivity contribution in [2.24, 2.45) is 0 Å². The normalized spacial score (nSPS) is 11.4. The molecule has 130 valence electrons. The summed E-state index contributed by atoms with van der Waals surface area (Å²) >= 11 is 0. The van der Waals surface area contributed by atoms with Crippen molar-refractivity contribution in [3.63, 3.8) is 0 Å². The molecule has 0 fully saturated rings. The van der Waals surface area contributed by atoms with Crippen LogP contribution >= 0.6 is 0 Å². The Morgan fingerprint density at radius 2 is 1.96 bits per heavy atom. The van der Waals surface area contributed by atoms with Crippen LogP contribution in [0.15, 0.2) is 59.8 Å². The number of sulfonamides is 1. The van der Waals surface area contributed by atoms with Gasteiger partial charge >= 0.3 is 0 Å². The third-order valence-corrected chi connectivity index (χ3v) is 4.68. The Balaban J connectivity index is 1.51. The van der Waals surface area contributed by atoms with Crippen LogP contribution in [0, 0.1) is 5.82 Å². The van der Waals surface area contributed by atoms with Gasteiger partial charge in [-0.3, -0.25) is 0 Å². The van der Waals surface area contributed by atoms with E-state index < -0.39 is 15.8 Å². The van der Waals surface area contributed by atoms with Gasteiger partial charge in [0, 0.05) is 25.5 Å². The zero-order valence-corrected chi connectivity index (χ0v) is 13.8. The van der Waals surface area contributed by atoms with Crippen molar-refractivity contribution in [3.05, 3.63) is 60.7 Å². The molecule has 25 heavy (non-hydrogen) atoms. The van der Waals surface area contributed by atoms with Crippen LogP contribution in [0.25, 0.3) is 5.82 Å². The van der Waals surface area contributed by atoms with E-state index in [1.807, 2.05) is 0 Å². The maximum Gasteiger partial charge on any atom is 0.240 e. The maximum absolute atomic E-state index is 13.1. The van der Waals surface area contributed by atoms with Gasteiger partial charge in [-0.25, -0.2) is 22.2 Å². The molecule has 1 aromatic carbocycles. The highest BCUT2D eigenvalue weighted by Crippen LogP contribution is 2.10. The van der Waals surface area contributed by atoms with Crippen molar-refractivity contribution in [2.75, 3.05) is 18.4 Å². The highest BCUT2D eigenvalue weighted by molar-refractivity contribution is 7.89. The SMILES string of the molecule is O=S(=O)(NCCNc1ccc(-n2cccn2)nn1)c1cccc(F)c1. The summed E-state index contributed by atoms with van der Waals surface area (Å²) < 4.78 is 41.1. The second kappa shape index (κ2) is 7.36. The number of rotatable bonds is 7. The Labute approximate surface area is 143 Å². The summed E-state index contributed by atoms with van der Waals surface area (Å²) in [7, 11) is -3.75. The monoisotopic (exact) mass is 362 g/mol. The molecule has 2 aromatic heterocycles. The van der Waals surface area contributed by atoms with Gasteiger partial charge in [0.15, 0.2) is 5.82 Å². The molecule has 0 unspecified atom stereocenters. The van der Waals surface area contributed by atoms with E-state index in [-0.39, 0.29) is 11.4 Å². The largest absolute Gasteiger partial charge is 0.367 e. The third-order valence-electron chi connectivity index (χ3n) is 3.22.